The Bertz CT molecular complexity index is 574. The van der Waals surface area contributed by atoms with Gasteiger partial charge in [-0.1, -0.05) is 0 Å². The molecular weight excluding hydrogens is 288 g/mol. The van der Waals surface area contributed by atoms with Crippen LogP contribution in [0.3, 0.4) is 0 Å². The summed E-state index contributed by atoms with van der Waals surface area (Å²) in [5.74, 6) is -0.976. The van der Waals surface area contributed by atoms with Gasteiger partial charge in [0.25, 0.3) is 0 Å². The largest absolute Gasteiger partial charge is 0.478 e. The third kappa shape index (κ3) is 2.65. The second-order valence-corrected chi connectivity index (χ2v) is 5.45. The predicted molar refractivity (Wildman–Crippen MR) is 78.8 cm³/mol. The van der Waals surface area contributed by atoms with Gasteiger partial charge in [0.1, 0.15) is 6.10 Å². The topological polar surface area (TPSA) is 90.3 Å². The number of carbonyl (C=O) groups excluding carboxylic acids is 1. The van der Waals surface area contributed by atoms with E-state index in [1.54, 1.807) is 21.9 Å². The lowest BCUT2D eigenvalue weighted by atomic mass is 10.2. The molecule has 1 aromatic carbocycles. The molecule has 2 fully saturated rings. The molecule has 2 atom stereocenters. The Balaban J connectivity index is 1.79. The molecule has 7 nitrogen and oxygen atoms in total. The molecule has 2 aliphatic rings. The van der Waals surface area contributed by atoms with Gasteiger partial charge in [-0.15, -0.1) is 0 Å². The first kappa shape index (κ1) is 14.8. The van der Waals surface area contributed by atoms with Crippen LogP contribution in [-0.2, 0) is 14.3 Å². The molecule has 1 aromatic rings. The second kappa shape index (κ2) is 5.94. The number of ether oxygens (including phenoxy) is 1. The first-order chi connectivity index (χ1) is 10.6. The molecule has 2 aliphatic heterocycles. The zero-order valence-corrected chi connectivity index (χ0v) is 12.0. The van der Waals surface area contributed by atoms with Gasteiger partial charge < -0.3 is 24.7 Å². The Kier molecular flexibility index (Phi) is 4.00. The fourth-order valence-electron chi connectivity index (χ4n) is 2.89. The van der Waals surface area contributed by atoms with Gasteiger partial charge in [0.05, 0.1) is 6.61 Å². The van der Waals surface area contributed by atoms with Crippen molar-refractivity contribution in [2.75, 3.05) is 29.5 Å². The van der Waals surface area contributed by atoms with Gasteiger partial charge >= 0.3 is 5.97 Å². The van der Waals surface area contributed by atoms with E-state index >= 15 is 0 Å². The molecule has 0 saturated carbocycles. The zero-order chi connectivity index (χ0) is 15.7. The number of carboxylic acid groups (broad SMARTS) is 1. The summed E-state index contributed by atoms with van der Waals surface area (Å²) in [6.07, 6.45) is -0.182. The Labute approximate surface area is 127 Å². The molecule has 0 aromatic heterocycles. The molecule has 2 saturated heterocycles. The lowest BCUT2D eigenvalue weighted by molar-refractivity contribution is -0.149. The minimum Gasteiger partial charge on any atom is -0.478 e. The van der Waals surface area contributed by atoms with E-state index in [1.165, 1.54) is 0 Å². The molecular formula is C15H18N2O5. The predicted octanol–water partition coefficient (Wildman–Crippen LogP) is 0.422. The van der Waals surface area contributed by atoms with Gasteiger partial charge in [0.2, 0.25) is 12.1 Å². The van der Waals surface area contributed by atoms with Gasteiger partial charge in [0.15, 0.2) is 0 Å². The number of carboxylic acids is 1. The Morgan fingerprint density at radius 2 is 1.95 bits per heavy atom. The van der Waals surface area contributed by atoms with Gasteiger partial charge in [-0.2, -0.15) is 0 Å². The number of hydrogen-bond donors (Lipinski definition) is 2. The molecule has 3 rings (SSSR count). The number of carbonyl (C=O) groups is 2. The number of amides is 1. The van der Waals surface area contributed by atoms with E-state index in [2.05, 4.69) is 0 Å². The van der Waals surface area contributed by atoms with Crippen molar-refractivity contribution in [2.45, 2.75) is 25.2 Å². The van der Waals surface area contributed by atoms with Gasteiger partial charge in [-0.25, -0.2) is 4.79 Å². The van der Waals surface area contributed by atoms with Crippen molar-refractivity contribution >= 4 is 23.3 Å². The highest BCUT2D eigenvalue weighted by atomic mass is 16.6. The van der Waals surface area contributed by atoms with Crippen LogP contribution in [0.5, 0.6) is 0 Å². The number of aliphatic carboxylic acids is 1. The Morgan fingerprint density at radius 3 is 2.50 bits per heavy atom. The van der Waals surface area contributed by atoms with E-state index in [9.17, 15) is 14.7 Å². The summed E-state index contributed by atoms with van der Waals surface area (Å²) in [6.45, 7) is 0.811. The maximum Gasteiger partial charge on any atom is 0.354 e. The highest BCUT2D eigenvalue weighted by Gasteiger charge is 2.37. The van der Waals surface area contributed by atoms with Crippen LogP contribution in [0.15, 0.2) is 24.3 Å². The fraction of sp³-hybridized carbons (Fsp3) is 0.467. The second-order valence-electron chi connectivity index (χ2n) is 5.45. The van der Waals surface area contributed by atoms with Crippen LogP contribution < -0.4 is 9.80 Å². The standard InChI is InChI=1S/C15H18N2O5/c18-9-12-8-17(14(22-12)15(20)21)11-5-3-10(4-6-11)16-7-1-2-13(16)19/h3-6,12,14,18H,1-2,7-9H2,(H,20,21)/t12-,14?/m1/s1. The quantitative estimate of drug-likeness (QED) is 0.838. The third-order valence-corrected chi connectivity index (χ3v) is 3.99. The highest BCUT2D eigenvalue weighted by molar-refractivity contribution is 5.95. The number of hydrogen-bond acceptors (Lipinski definition) is 5. The lowest BCUT2D eigenvalue weighted by Crippen LogP contribution is -2.36. The molecule has 1 unspecified atom stereocenters. The van der Waals surface area contributed by atoms with E-state index < -0.39 is 18.3 Å². The maximum atomic E-state index is 11.7. The third-order valence-electron chi connectivity index (χ3n) is 3.99. The van der Waals surface area contributed by atoms with Crippen LogP contribution in [0.2, 0.25) is 0 Å². The number of nitrogens with zero attached hydrogens (tertiary/aromatic N) is 2. The van der Waals surface area contributed by atoms with Crippen molar-refractivity contribution in [3.05, 3.63) is 24.3 Å². The first-order valence-electron chi connectivity index (χ1n) is 7.26. The summed E-state index contributed by atoms with van der Waals surface area (Å²) in [4.78, 5) is 26.3. The number of benzene rings is 1. The van der Waals surface area contributed by atoms with Crippen LogP contribution >= 0.6 is 0 Å². The molecule has 2 N–H and O–H groups in total. The maximum absolute atomic E-state index is 11.7. The van der Waals surface area contributed by atoms with E-state index in [1.807, 2.05) is 12.1 Å². The molecule has 0 spiro atoms. The van der Waals surface area contributed by atoms with Crippen molar-refractivity contribution in [3.63, 3.8) is 0 Å². The van der Waals surface area contributed by atoms with Gasteiger partial charge in [-0.05, 0) is 30.7 Å². The Morgan fingerprint density at radius 1 is 1.27 bits per heavy atom. The minimum atomic E-state index is -1.10. The van der Waals surface area contributed by atoms with Crippen LogP contribution in [0.4, 0.5) is 11.4 Å². The van der Waals surface area contributed by atoms with Crippen molar-refractivity contribution in [3.8, 4) is 0 Å². The summed E-state index contributed by atoms with van der Waals surface area (Å²) in [5.41, 5.74) is 1.51. The summed E-state index contributed by atoms with van der Waals surface area (Å²) in [7, 11) is 0. The molecule has 2 heterocycles. The lowest BCUT2D eigenvalue weighted by Gasteiger charge is -2.23. The van der Waals surface area contributed by atoms with E-state index in [4.69, 9.17) is 9.84 Å². The van der Waals surface area contributed by atoms with Gasteiger partial charge in [0, 0.05) is 30.9 Å². The average Bonchev–Trinajstić information content (AvgIpc) is 3.13. The zero-order valence-electron chi connectivity index (χ0n) is 12.0. The van der Waals surface area contributed by atoms with Crippen LogP contribution in [0.25, 0.3) is 0 Å². The number of aliphatic hydroxyl groups excluding tert-OH is 1. The smallest absolute Gasteiger partial charge is 0.354 e. The summed E-state index contributed by atoms with van der Waals surface area (Å²) in [6, 6.07) is 7.17. The van der Waals surface area contributed by atoms with Crippen LogP contribution in [-0.4, -0.2) is 54.1 Å². The molecule has 0 bridgehead atoms. The van der Waals surface area contributed by atoms with Crippen molar-refractivity contribution < 1.29 is 24.5 Å². The Hall–Kier alpha value is -2.12. The average molecular weight is 306 g/mol. The summed E-state index contributed by atoms with van der Waals surface area (Å²) in [5, 5.41) is 18.4. The summed E-state index contributed by atoms with van der Waals surface area (Å²) >= 11 is 0. The first-order valence-corrected chi connectivity index (χ1v) is 7.26. The highest BCUT2D eigenvalue weighted by Crippen LogP contribution is 2.28. The summed E-state index contributed by atoms with van der Waals surface area (Å²) < 4.78 is 5.30. The number of rotatable bonds is 4. The van der Waals surface area contributed by atoms with E-state index in [0.717, 1.165) is 18.7 Å². The van der Waals surface area contributed by atoms with Crippen LogP contribution in [0, 0.1) is 0 Å². The molecule has 0 radical (unpaired) electrons. The molecule has 1 amide bonds. The SMILES string of the molecule is O=C(O)C1O[C@@H](CO)CN1c1ccc(N2CCCC2=O)cc1. The number of anilines is 2. The fourth-order valence-corrected chi connectivity index (χ4v) is 2.89. The molecule has 22 heavy (non-hydrogen) atoms. The normalized spacial score (nSPS) is 25.0. The monoisotopic (exact) mass is 306 g/mol. The molecule has 118 valence electrons. The molecule has 7 heteroatoms. The van der Waals surface area contributed by atoms with Gasteiger partial charge in [-0.3, -0.25) is 4.79 Å². The van der Waals surface area contributed by atoms with Crippen molar-refractivity contribution in [2.24, 2.45) is 0 Å². The van der Waals surface area contributed by atoms with Crippen molar-refractivity contribution in [1.29, 1.82) is 0 Å². The molecule has 0 aliphatic carbocycles. The van der Waals surface area contributed by atoms with E-state index in [0.29, 0.717) is 18.7 Å². The number of aliphatic hydroxyl groups is 1. The minimum absolute atomic E-state index is 0.112. The van der Waals surface area contributed by atoms with Crippen LogP contribution in [0.1, 0.15) is 12.8 Å². The van der Waals surface area contributed by atoms with E-state index in [-0.39, 0.29) is 12.5 Å². The van der Waals surface area contributed by atoms with Crippen molar-refractivity contribution in [1.82, 2.24) is 0 Å².